The summed E-state index contributed by atoms with van der Waals surface area (Å²) in [5.41, 5.74) is 3.34. The van der Waals surface area contributed by atoms with Crippen molar-refractivity contribution in [3.8, 4) is 17.0 Å². The van der Waals surface area contributed by atoms with Crippen LogP contribution in [-0.2, 0) is 9.47 Å². The molecule has 1 amide bonds. The molecule has 4 rings (SSSR count). The van der Waals surface area contributed by atoms with Crippen molar-refractivity contribution in [1.29, 1.82) is 0 Å². The largest absolute Gasteiger partial charge is 0.573 e. The molecule has 3 aromatic rings. The lowest BCUT2D eigenvalue weighted by molar-refractivity contribution is -0.274. The molecule has 9 nitrogen and oxygen atoms in total. The molecule has 1 fully saturated rings. The van der Waals surface area contributed by atoms with Crippen molar-refractivity contribution in [2.75, 3.05) is 65.0 Å². The molecular weight excluding hydrogens is 539 g/mol. The Balaban J connectivity index is 1.44. The first kappa shape index (κ1) is 30.2. The first-order valence-electron chi connectivity index (χ1n) is 13.4. The number of methoxy groups -OCH3 is 1. The number of nitrogens with zero attached hydrogens (tertiary/aromatic N) is 4. The molecule has 1 aliphatic heterocycles. The zero-order valence-electron chi connectivity index (χ0n) is 23.1. The number of hydrogen-bond donors (Lipinski definition) is 1. The second kappa shape index (κ2) is 14.2. The Hall–Kier alpha value is -3.74. The highest BCUT2D eigenvalue weighted by molar-refractivity contribution is 5.94. The molecule has 220 valence electrons. The highest BCUT2D eigenvalue weighted by atomic mass is 19.4. The maximum atomic E-state index is 13.4. The number of carbonyl (C=O) groups is 1. The van der Waals surface area contributed by atoms with Crippen LogP contribution in [-0.4, -0.2) is 91.7 Å². The molecule has 12 heteroatoms. The maximum absolute atomic E-state index is 13.4. The van der Waals surface area contributed by atoms with E-state index in [1.165, 1.54) is 30.6 Å². The Morgan fingerprint density at radius 3 is 2.41 bits per heavy atom. The molecule has 0 saturated carbocycles. The topological polar surface area (TPSA) is 89.1 Å². The highest BCUT2D eigenvalue weighted by Gasteiger charge is 2.31. The number of nitrogens with one attached hydrogen (secondary N) is 1. The van der Waals surface area contributed by atoms with Crippen LogP contribution in [0.3, 0.4) is 0 Å². The van der Waals surface area contributed by atoms with Gasteiger partial charge in [-0.05, 0) is 49.7 Å². The van der Waals surface area contributed by atoms with E-state index in [4.69, 9.17) is 9.47 Å². The van der Waals surface area contributed by atoms with E-state index >= 15 is 0 Å². The molecule has 0 bridgehead atoms. The van der Waals surface area contributed by atoms with Crippen LogP contribution in [0.25, 0.3) is 11.3 Å². The molecule has 1 aliphatic rings. The second-order valence-corrected chi connectivity index (χ2v) is 9.56. The lowest BCUT2D eigenvalue weighted by Gasteiger charge is -2.30. The van der Waals surface area contributed by atoms with Crippen LogP contribution in [0.4, 0.5) is 24.7 Å². The third-order valence-corrected chi connectivity index (χ3v) is 6.69. The molecule has 2 aromatic carbocycles. The molecule has 2 heterocycles. The summed E-state index contributed by atoms with van der Waals surface area (Å²) in [6.45, 7) is 7.58. The lowest BCUT2D eigenvalue weighted by atomic mass is 10.0. The minimum Gasteiger partial charge on any atom is -0.406 e. The van der Waals surface area contributed by atoms with Gasteiger partial charge >= 0.3 is 6.36 Å². The minimum atomic E-state index is -4.75. The Labute approximate surface area is 237 Å². The summed E-state index contributed by atoms with van der Waals surface area (Å²) in [6, 6.07) is 12.7. The van der Waals surface area contributed by atoms with Crippen LogP contribution in [0.2, 0.25) is 0 Å². The first-order chi connectivity index (χ1) is 19.7. The summed E-state index contributed by atoms with van der Waals surface area (Å²) in [4.78, 5) is 26.3. The van der Waals surface area contributed by atoms with Gasteiger partial charge in [-0.1, -0.05) is 12.1 Å². The predicted octanol–water partition coefficient (Wildman–Crippen LogP) is 4.91. The predicted molar refractivity (Wildman–Crippen MR) is 148 cm³/mol. The van der Waals surface area contributed by atoms with Crippen molar-refractivity contribution in [2.45, 2.75) is 19.7 Å². The summed E-state index contributed by atoms with van der Waals surface area (Å²) >= 11 is 0. The minimum absolute atomic E-state index is 0.0411. The van der Waals surface area contributed by atoms with Crippen molar-refractivity contribution < 1.29 is 32.2 Å². The number of morpholine rings is 1. The van der Waals surface area contributed by atoms with Gasteiger partial charge in [0.2, 0.25) is 0 Å². The van der Waals surface area contributed by atoms with Crippen molar-refractivity contribution in [1.82, 2.24) is 19.8 Å². The zero-order valence-corrected chi connectivity index (χ0v) is 23.1. The van der Waals surface area contributed by atoms with Crippen LogP contribution in [0.5, 0.6) is 5.75 Å². The number of alkyl halides is 3. The molecule has 0 unspecified atom stereocenters. The highest BCUT2D eigenvalue weighted by Crippen LogP contribution is 2.29. The summed E-state index contributed by atoms with van der Waals surface area (Å²) in [5, 5.41) is 3.11. The number of aromatic nitrogens is 2. The van der Waals surface area contributed by atoms with E-state index < -0.39 is 6.36 Å². The normalized spacial score (nSPS) is 14.1. The summed E-state index contributed by atoms with van der Waals surface area (Å²) in [5.74, 6) is 0.156. The third kappa shape index (κ3) is 8.87. The zero-order chi connectivity index (χ0) is 29.2. The van der Waals surface area contributed by atoms with E-state index in [1.807, 2.05) is 24.0 Å². The smallest absolute Gasteiger partial charge is 0.406 e. The number of ether oxygens (including phenoxy) is 3. The van der Waals surface area contributed by atoms with Gasteiger partial charge in [0, 0.05) is 68.8 Å². The molecular formula is C29H34F3N5O4. The Kier molecular flexibility index (Phi) is 10.5. The third-order valence-electron chi connectivity index (χ3n) is 6.69. The summed E-state index contributed by atoms with van der Waals surface area (Å²) in [6.07, 6.45) is -2.59. The first-order valence-corrected chi connectivity index (χ1v) is 13.4. The van der Waals surface area contributed by atoms with Gasteiger partial charge in [0.05, 0.1) is 18.9 Å². The quantitative estimate of drug-likeness (QED) is 0.306. The van der Waals surface area contributed by atoms with E-state index in [0.29, 0.717) is 55.7 Å². The van der Waals surface area contributed by atoms with Gasteiger partial charge in [0.15, 0.2) is 0 Å². The van der Waals surface area contributed by atoms with Crippen LogP contribution in [0.1, 0.15) is 22.3 Å². The van der Waals surface area contributed by atoms with Gasteiger partial charge in [-0.3, -0.25) is 9.69 Å². The molecule has 0 spiro atoms. The molecule has 0 aliphatic carbocycles. The summed E-state index contributed by atoms with van der Waals surface area (Å²) in [7, 11) is 1.65. The number of hydrogen-bond acceptors (Lipinski definition) is 8. The molecule has 41 heavy (non-hydrogen) atoms. The average Bonchev–Trinajstić information content (AvgIpc) is 2.96. The maximum Gasteiger partial charge on any atom is 0.573 e. The van der Waals surface area contributed by atoms with Crippen LogP contribution < -0.4 is 10.1 Å². The fraction of sp³-hybridized carbons (Fsp3) is 0.414. The average molecular weight is 574 g/mol. The molecule has 1 saturated heterocycles. The number of anilines is 2. The van der Waals surface area contributed by atoms with Gasteiger partial charge < -0.3 is 24.4 Å². The standard InChI is InChI=1S/C29H34F3N5O4/c1-21-26(33-20-34-27(21)35-24-8-10-25(11-9-24)41-29(30,31)32)22-4-6-23(7-5-22)28(38)37(12-3-17-39-2)14-13-36-15-18-40-19-16-36/h4-11,20H,3,12-19H2,1-2H3,(H,33,34,35). The molecule has 0 radical (unpaired) electrons. The van der Waals surface area contributed by atoms with Crippen LogP contribution in [0.15, 0.2) is 54.9 Å². The molecule has 0 atom stereocenters. The number of amides is 1. The van der Waals surface area contributed by atoms with Gasteiger partial charge in [0.25, 0.3) is 5.91 Å². The fourth-order valence-electron chi connectivity index (χ4n) is 4.50. The Bertz CT molecular complexity index is 1270. The van der Waals surface area contributed by atoms with Crippen molar-refractivity contribution in [3.05, 3.63) is 66.0 Å². The van der Waals surface area contributed by atoms with Crippen LogP contribution in [0, 0.1) is 6.92 Å². The van der Waals surface area contributed by atoms with E-state index in [1.54, 1.807) is 19.2 Å². The van der Waals surface area contributed by atoms with Gasteiger partial charge in [-0.25, -0.2) is 9.97 Å². The number of benzene rings is 2. The lowest BCUT2D eigenvalue weighted by Crippen LogP contribution is -2.43. The summed E-state index contributed by atoms with van der Waals surface area (Å²) < 4.78 is 51.8. The number of carbonyl (C=O) groups excluding carboxylic acids is 1. The monoisotopic (exact) mass is 573 g/mol. The van der Waals surface area contributed by atoms with E-state index in [-0.39, 0.29) is 11.7 Å². The van der Waals surface area contributed by atoms with Crippen LogP contribution >= 0.6 is 0 Å². The Morgan fingerprint density at radius 2 is 1.76 bits per heavy atom. The van der Waals surface area contributed by atoms with Gasteiger partial charge in [-0.2, -0.15) is 0 Å². The van der Waals surface area contributed by atoms with E-state index in [0.717, 1.165) is 37.2 Å². The van der Waals surface area contributed by atoms with Crippen molar-refractivity contribution in [2.24, 2.45) is 0 Å². The second-order valence-electron chi connectivity index (χ2n) is 9.56. The van der Waals surface area contributed by atoms with Crippen molar-refractivity contribution in [3.63, 3.8) is 0 Å². The SMILES string of the molecule is COCCCN(CCN1CCOCC1)C(=O)c1ccc(-c2ncnc(Nc3ccc(OC(F)(F)F)cc3)c2C)cc1. The van der Waals surface area contributed by atoms with E-state index in [9.17, 15) is 18.0 Å². The molecule has 1 aromatic heterocycles. The van der Waals surface area contributed by atoms with Gasteiger partial charge in [0.1, 0.15) is 17.9 Å². The number of rotatable bonds is 12. The van der Waals surface area contributed by atoms with E-state index in [2.05, 4.69) is 24.9 Å². The fourth-order valence-corrected chi connectivity index (χ4v) is 4.50. The van der Waals surface area contributed by atoms with Crippen molar-refractivity contribution >= 4 is 17.4 Å². The Morgan fingerprint density at radius 1 is 1.05 bits per heavy atom. The molecule has 1 N–H and O–H groups in total. The number of halogens is 3. The van der Waals surface area contributed by atoms with Gasteiger partial charge in [-0.15, -0.1) is 13.2 Å².